The van der Waals surface area contributed by atoms with Crippen molar-refractivity contribution < 1.29 is 4.79 Å². The maximum absolute atomic E-state index is 12.2. The van der Waals surface area contributed by atoms with Gasteiger partial charge in [-0.15, -0.1) is 0 Å². The van der Waals surface area contributed by atoms with Crippen LogP contribution in [0.15, 0.2) is 18.2 Å². The van der Waals surface area contributed by atoms with Gasteiger partial charge in [-0.2, -0.15) is 11.8 Å². The standard InChI is InChI=1S/C13H20ClN3OS/c1-3-19-7-6-10(15)13(18)17(2)12-5-4-9(14)8-11(12)16/h4-5,8,10H,3,6-7,15-16H2,1-2H3/t10-/m0/s1. The molecule has 0 heterocycles. The lowest BCUT2D eigenvalue weighted by molar-refractivity contribution is -0.119. The molecule has 0 unspecified atom stereocenters. The molecule has 0 aliphatic carbocycles. The number of nitrogens with two attached hydrogens (primary N) is 2. The highest BCUT2D eigenvalue weighted by Gasteiger charge is 2.20. The fraction of sp³-hybridized carbons (Fsp3) is 0.462. The lowest BCUT2D eigenvalue weighted by Gasteiger charge is -2.22. The maximum atomic E-state index is 12.2. The number of halogens is 1. The average Bonchev–Trinajstić information content (AvgIpc) is 2.37. The Morgan fingerprint density at radius 2 is 2.21 bits per heavy atom. The van der Waals surface area contributed by atoms with Crippen LogP contribution in [0, 0.1) is 0 Å². The molecule has 0 aliphatic rings. The predicted molar refractivity (Wildman–Crippen MR) is 84.9 cm³/mol. The Hall–Kier alpha value is -0.910. The number of benzene rings is 1. The van der Waals surface area contributed by atoms with Gasteiger partial charge in [0.05, 0.1) is 17.4 Å². The van der Waals surface area contributed by atoms with Crippen molar-refractivity contribution in [2.75, 3.05) is 29.2 Å². The van der Waals surface area contributed by atoms with Gasteiger partial charge in [0.1, 0.15) is 0 Å². The Bertz CT molecular complexity index is 442. The van der Waals surface area contributed by atoms with Crippen molar-refractivity contribution in [3.05, 3.63) is 23.2 Å². The van der Waals surface area contributed by atoms with E-state index in [9.17, 15) is 4.79 Å². The van der Waals surface area contributed by atoms with Crippen LogP contribution in [0.2, 0.25) is 5.02 Å². The van der Waals surface area contributed by atoms with Crippen LogP contribution in [0.5, 0.6) is 0 Å². The number of carbonyl (C=O) groups is 1. The van der Waals surface area contributed by atoms with E-state index >= 15 is 0 Å². The molecular formula is C13H20ClN3OS. The van der Waals surface area contributed by atoms with Crippen molar-refractivity contribution in [2.24, 2.45) is 5.73 Å². The van der Waals surface area contributed by atoms with E-state index in [4.69, 9.17) is 23.1 Å². The summed E-state index contributed by atoms with van der Waals surface area (Å²) < 4.78 is 0. The minimum absolute atomic E-state index is 0.134. The molecule has 0 saturated heterocycles. The van der Waals surface area contributed by atoms with Gasteiger partial charge in [-0.25, -0.2) is 0 Å². The number of hydrogen-bond donors (Lipinski definition) is 2. The van der Waals surface area contributed by atoms with E-state index in [0.717, 1.165) is 11.5 Å². The van der Waals surface area contributed by atoms with Gasteiger partial charge in [0.25, 0.3) is 0 Å². The summed E-state index contributed by atoms with van der Waals surface area (Å²) in [5, 5.41) is 0.547. The Kier molecular flexibility index (Phi) is 6.48. The van der Waals surface area contributed by atoms with Crippen molar-refractivity contribution in [3.63, 3.8) is 0 Å². The molecule has 0 spiro atoms. The lowest BCUT2D eigenvalue weighted by atomic mass is 10.2. The van der Waals surface area contributed by atoms with Crippen molar-refractivity contribution in [2.45, 2.75) is 19.4 Å². The van der Waals surface area contributed by atoms with Gasteiger partial charge in [0.2, 0.25) is 5.91 Å². The molecule has 0 bridgehead atoms. The van der Waals surface area contributed by atoms with E-state index < -0.39 is 6.04 Å². The second-order valence-electron chi connectivity index (χ2n) is 4.19. The van der Waals surface area contributed by atoms with Gasteiger partial charge in [0.15, 0.2) is 0 Å². The van der Waals surface area contributed by atoms with Gasteiger partial charge in [0, 0.05) is 12.1 Å². The monoisotopic (exact) mass is 301 g/mol. The molecule has 6 heteroatoms. The number of carbonyl (C=O) groups excluding carboxylic acids is 1. The molecule has 0 aliphatic heterocycles. The summed E-state index contributed by atoms with van der Waals surface area (Å²) >= 11 is 7.61. The van der Waals surface area contributed by atoms with Crippen LogP contribution in [0.4, 0.5) is 11.4 Å². The zero-order chi connectivity index (χ0) is 14.4. The third-order valence-corrected chi connectivity index (χ3v) is 3.94. The molecule has 0 radical (unpaired) electrons. The van der Waals surface area contributed by atoms with E-state index in [1.54, 1.807) is 37.0 Å². The Labute approximate surface area is 123 Å². The summed E-state index contributed by atoms with van der Waals surface area (Å²) in [6.07, 6.45) is 0.662. The van der Waals surface area contributed by atoms with E-state index in [1.165, 1.54) is 4.90 Å². The van der Waals surface area contributed by atoms with Crippen LogP contribution in [-0.2, 0) is 4.79 Å². The first kappa shape index (κ1) is 16.1. The molecular weight excluding hydrogens is 282 g/mol. The van der Waals surface area contributed by atoms with Gasteiger partial charge in [-0.3, -0.25) is 4.79 Å². The Morgan fingerprint density at radius 1 is 1.53 bits per heavy atom. The van der Waals surface area contributed by atoms with Crippen molar-refractivity contribution >= 4 is 40.6 Å². The van der Waals surface area contributed by atoms with E-state index in [0.29, 0.717) is 22.8 Å². The van der Waals surface area contributed by atoms with Crippen LogP contribution in [0.1, 0.15) is 13.3 Å². The molecule has 0 aromatic heterocycles. The van der Waals surface area contributed by atoms with Crippen molar-refractivity contribution in [1.82, 2.24) is 0 Å². The molecule has 0 fully saturated rings. The summed E-state index contributed by atoms with van der Waals surface area (Å²) in [6.45, 7) is 2.08. The first-order valence-electron chi connectivity index (χ1n) is 6.13. The predicted octanol–water partition coefficient (Wildman–Crippen LogP) is 2.36. The van der Waals surface area contributed by atoms with Gasteiger partial charge >= 0.3 is 0 Å². The number of nitrogens with zero attached hydrogens (tertiary/aromatic N) is 1. The van der Waals surface area contributed by atoms with E-state index in [-0.39, 0.29) is 5.91 Å². The zero-order valence-electron chi connectivity index (χ0n) is 11.2. The van der Waals surface area contributed by atoms with Gasteiger partial charge in [-0.1, -0.05) is 18.5 Å². The molecule has 106 valence electrons. The third-order valence-electron chi connectivity index (χ3n) is 2.78. The highest BCUT2D eigenvalue weighted by molar-refractivity contribution is 7.99. The largest absolute Gasteiger partial charge is 0.397 e. The molecule has 1 rings (SSSR count). The Morgan fingerprint density at radius 3 is 2.79 bits per heavy atom. The van der Waals surface area contributed by atoms with Gasteiger partial charge < -0.3 is 16.4 Å². The van der Waals surface area contributed by atoms with Crippen LogP contribution in [-0.4, -0.2) is 30.5 Å². The quantitative estimate of drug-likeness (QED) is 0.625. The highest BCUT2D eigenvalue weighted by Crippen LogP contribution is 2.26. The Balaban J connectivity index is 2.70. The summed E-state index contributed by atoms with van der Waals surface area (Å²) in [7, 11) is 1.68. The first-order valence-corrected chi connectivity index (χ1v) is 7.66. The normalized spacial score (nSPS) is 12.2. The number of anilines is 2. The smallest absolute Gasteiger partial charge is 0.243 e. The minimum Gasteiger partial charge on any atom is -0.397 e. The van der Waals surface area contributed by atoms with Crippen molar-refractivity contribution in [3.8, 4) is 0 Å². The topological polar surface area (TPSA) is 72.4 Å². The molecule has 19 heavy (non-hydrogen) atoms. The first-order chi connectivity index (χ1) is 8.97. The number of hydrogen-bond acceptors (Lipinski definition) is 4. The summed E-state index contributed by atoms with van der Waals surface area (Å²) in [5.74, 6) is 1.78. The SMILES string of the molecule is CCSCC[C@H](N)C(=O)N(C)c1ccc(Cl)cc1N. The van der Waals surface area contributed by atoms with Crippen LogP contribution < -0.4 is 16.4 Å². The number of amides is 1. The van der Waals surface area contributed by atoms with Crippen LogP contribution >= 0.6 is 23.4 Å². The fourth-order valence-corrected chi connectivity index (χ4v) is 2.57. The number of thioether (sulfide) groups is 1. The van der Waals surface area contributed by atoms with E-state index in [2.05, 4.69) is 6.92 Å². The number of likely N-dealkylation sites (N-methyl/N-ethyl adjacent to an activating group) is 1. The number of nitrogen functional groups attached to an aromatic ring is 1. The van der Waals surface area contributed by atoms with Gasteiger partial charge in [-0.05, 0) is 36.1 Å². The van der Waals surface area contributed by atoms with Crippen LogP contribution in [0.25, 0.3) is 0 Å². The second-order valence-corrected chi connectivity index (χ2v) is 6.02. The lowest BCUT2D eigenvalue weighted by Crippen LogP contribution is -2.42. The summed E-state index contributed by atoms with van der Waals surface area (Å²) in [4.78, 5) is 13.7. The number of rotatable bonds is 6. The average molecular weight is 302 g/mol. The van der Waals surface area contributed by atoms with E-state index in [1.807, 2.05) is 0 Å². The minimum atomic E-state index is -0.501. The molecule has 4 N–H and O–H groups in total. The maximum Gasteiger partial charge on any atom is 0.243 e. The highest BCUT2D eigenvalue weighted by atomic mass is 35.5. The molecule has 1 aromatic rings. The summed E-state index contributed by atoms with van der Waals surface area (Å²) in [5.41, 5.74) is 12.9. The fourth-order valence-electron chi connectivity index (χ4n) is 1.68. The van der Waals surface area contributed by atoms with Crippen molar-refractivity contribution in [1.29, 1.82) is 0 Å². The zero-order valence-corrected chi connectivity index (χ0v) is 12.8. The molecule has 1 aromatic carbocycles. The van der Waals surface area contributed by atoms with Crippen LogP contribution in [0.3, 0.4) is 0 Å². The molecule has 1 atom stereocenters. The molecule has 1 amide bonds. The third kappa shape index (κ3) is 4.60. The summed E-state index contributed by atoms with van der Waals surface area (Å²) in [6, 6.07) is 4.55. The molecule has 4 nitrogen and oxygen atoms in total. The second kappa shape index (κ2) is 7.62. The molecule has 0 saturated carbocycles.